The molecule has 0 bridgehead atoms. The van der Waals surface area contributed by atoms with E-state index < -0.39 is 10.0 Å². The Labute approximate surface area is 73.8 Å². The molecule has 1 unspecified atom stereocenters. The minimum absolute atomic E-state index is 0.378. The number of hydrogen-bond donors (Lipinski definition) is 0. The predicted molar refractivity (Wildman–Crippen MR) is 47.2 cm³/mol. The Hall–Kier alpha value is -0.0900. The number of hydrogen-bond acceptors (Lipinski definition) is 2. The highest BCUT2D eigenvalue weighted by atomic mass is 32.2. The normalized spacial score (nSPS) is 34.3. The molecule has 0 aromatic carbocycles. The van der Waals surface area contributed by atoms with Crippen molar-refractivity contribution in [1.82, 2.24) is 4.31 Å². The molecule has 1 aliphatic carbocycles. The van der Waals surface area contributed by atoms with E-state index >= 15 is 0 Å². The van der Waals surface area contributed by atoms with Gasteiger partial charge in [-0.2, -0.15) is 0 Å². The highest BCUT2D eigenvalue weighted by Gasteiger charge is 2.54. The van der Waals surface area contributed by atoms with E-state index in [9.17, 15) is 8.42 Å². The monoisotopic (exact) mass is 189 g/mol. The van der Waals surface area contributed by atoms with Gasteiger partial charge in [0.05, 0.1) is 6.26 Å². The molecule has 1 atom stereocenters. The summed E-state index contributed by atoms with van der Waals surface area (Å²) in [6, 6.07) is 0. The summed E-state index contributed by atoms with van der Waals surface area (Å²) in [5.41, 5.74) is 0.378. The number of nitrogens with zero attached hydrogens (tertiary/aromatic N) is 1. The fourth-order valence-electron chi connectivity index (χ4n) is 2.20. The molecule has 0 amide bonds. The summed E-state index contributed by atoms with van der Waals surface area (Å²) in [5.74, 6) is 0.732. The minimum atomic E-state index is -2.90. The maximum absolute atomic E-state index is 11.1. The Morgan fingerprint density at radius 1 is 1.42 bits per heavy atom. The molecule has 1 heterocycles. The molecule has 2 rings (SSSR count). The fraction of sp³-hybridized carbons (Fsp3) is 1.00. The van der Waals surface area contributed by atoms with Gasteiger partial charge in [-0.15, -0.1) is 0 Å². The van der Waals surface area contributed by atoms with E-state index in [0.29, 0.717) is 5.41 Å². The first-order valence-electron chi connectivity index (χ1n) is 4.39. The van der Waals surface area contributed by atoms with Gasteiger partial charge < -0.3 is 0 Å². The van der Waals surface area contributed by atoms with E-state index in [1.54, 1.807) is 4.31 Å². The SMILES string of the molecule is CC1CCC12CN(S(C)(=O)=O)C2. The van der Waals surface area contributed by atoms with Gasteiger partial charge in [-0.3, -0.25) is 0 Å². The van der Waals surface area contributed by atoms with Crippen LogP contribution < -0.4 is 0 Å². The van der Waals surface area contributed by atoms with Gasteiger partial charge in [0.15, 0.2) is 0 Å². The molecule has 2 aliphatic rings. The van der Waals surface area contributed by atoms with Gasteiger partial charge in [-0.1, -0.05) is 6.92 Å². The summed E-state index contributed by atoms with van der Waals surface area (Å²) in [6.45, 7) is 3.77. The van der Waals surface area contributed by atoms with Crippen LogP contribution in [-0.2, 0) is 10.0 Å². The van der Waals surface area contributed by atoms with Crippen molar-refractivity contribution in [1.29, 1.82) is 0 Å². The van der Waals surface area contributed by atoms with E-state index in [-0.39, 0.29) is 0 Å². The van der Waals surface area contributed by atoms with Crippen molar-refractivity contribution in [3.8, 4) is 0 Å². The summed E-state index contributed by atoms with van der Waals surface area (Å²) >= 11 is 0. The summed E-state index contributed by atoms with van der Waals surface area (Å²) in [5, 5.41) is 0. The lowest BCUT2D eigenvalue weighted by atomic mass is 9.57. The zero-order valence-corrected chi connectivity index (χ0v) is 8.39. The summed E-state index contributed by atoms with van der Waals surface area (Å²) < 4.78 is 23.7. The van der Waals surface area contributed by atoms with E-state index in [0.717, 1.165) is 19.0 Å². The minimum Gasteiger partial charge on any atom is -0.213 e. The predicted octanol–water partition coefficient (Wildman–Crippen LogP) is 0.678. The Bertz CT molecular complexity index is 290. The highest BCUT2D eigenvalue weighted by molar-refractivity contribution is 7.88. The van der Waals surface area contributed by atoms with Gasteiger partial charge in [0.2, 0.25) is 10.0 Å². The average molecular weight is 189 g/mol. The van der Waals surface area contributed by atoms with Crippen molar-refractivity contribution < 1.29 is 8.42 Å². The van der Waals surface area contributed by atoms with E-state index in [4.69, 9.17) is 0 Å². The van der Waals surface area contributed by atoms with Crippen molar-refractivity contribution in [2.45, 2.75) is 19.8 Å². The maximum Gasteiger partial charge on any atom is 0.211 e. The molecule has 0 aromatic heterocycles. The van der Waals surface area contributed by atoms with Gasteiger partial charge >= 0.3 is 0 Å². The second-order valence-electron chi connectivity index (χ2n) is 4.33. The summed E-state index contributed by atoms with van der Waals surface area (Å²) in [4.78, 5) is 0. The van der Waals surface area contributed by atoms with Gasteiger partial charge in [0.25, 0.3) is 0 Å². The molecule has 0 aromatic rings. The van der Waals surface area contributed by atoms with Crippen LogP contribution in [0.1, 0.15) is 19.8 Å². The quantitative estimate of drug-likeness (QED) is 0.608. The Morgan fingerprint density at radius 2 is 2.00 bits per heavy atom. The van der Waals surface area contributed by atoms with Gasteiger partial charge in [0.1, 0.15) is 0 Å². The topological polar surface area (TPSA) is 37.4 Å². The van der Waals surface area contributed by atoms with Gasteiger partial charge in [-0.25, -0.2) is 12.7 Å². The first-order chi connectivity index (χ1) is 5.44. The van der Waals surface area contributed by atoms with Gasteiger partial charge in [0, 0.05) is 18.5 Å². The van der Waals surface area contributed by atoms with E-state index in [1.807, 2.05) is 0 Å². The number of sulfonamides is 1. The van der Waals surface area contributed by atoms with Crippen molar-refractivity contribution in [2.75, 3.05) is 19.3 Å². The van der Waals surface area contributed by atoms with Crippen molar-refractivity contribution in [2.24, 2.45) is 11.3 Å². The van der Waals surface area contributed by atoms with E-state index in [1.165, 1.54) is 19.1 Å². The van der Waals surface area contributed by atoms with Crippen LogP contribution in [-0.4, -0.2) is 32.1 Å². The molecule has 0 radical (unpaired) electrons. The second-order valence-corrected chi connectivity index (χ2v) is 6.32. The smallest absolute Gasteiger partial charge is 0.211 e. The van der Waals surface area contributed by atoms with Crippen LogP contribution in [0.25, 0.3) is 0 Å². The largest absolute Gasteiger partial charge is 0.213 e. The first kappa shape index (κ1) is 8.51. The maximum atomic E-state index is 11.1. The summed E-state index contributed by atoms with van der Waals surface area (Å²) in [7, 11) is -2.90. The van der Waals surface area contributed by atoms with Crippen molar-refractivity contribution in [3.05, 3.63) is 0 Å². The first-order valence-corrected chi connectivity index (χ1v) is 6.24. The third kappa shape index (κ3) is 1.01. The molecule has 1 aliphatic heterocycles. The standard InChI is InChI=1S/C8H15NO2S/c1-7-3-4-8(7)5-9(6-8)12(2,10)11/h7H,3-6H2,1-2H3. The van der Waals surface area contributed by atoms with Crippen molar-refractivity contribution >= 4 is 10.0 Å². The molecular weight excluding hydrogens is 174 g/mol. The third-order valence-electron chi connectivity index (χ3n) is 3.57. The molecule has 0 N–H and O–H groups in total. The van der Waals surface area contributed by atoms with Gasteiger partial charge in [-0.05, 0) is 18.8 Å². The molecule has 1 spiro atoms. The van der Waals surface area contributed by atoms with Crippen LogP contribution in [0.5, 0.6) is 0 Å². The van der Waals surface area contributed by atoms with Crippen molar-refractivity contribution in [3.63, 3.8) is 0 Å². The Balaban J connectivity index is 2.00. The molecule has 2 fully saturated rings. The Kier molecular flexibility index (Phi) is 1.58. The van der Waals surface area contributed by atoms with E-state index in [2.05, 4.69) is 6.92 Å². The number of rotatable bonds is 1. The zero-order valence-electron chi connectivity index (χ0n) is 7.58. The lowest BCUT2D eigenvalue weighted by Crippen LogP contribution is -2.64. The lowest BCUT2D eigenvalue weighted by Gasteiger charge is -2.59. The third-order valence-corrected chi connectivity index (χ3v) is 4.77. The fourth-order valence-corrected chi connectivity index (χ4v) is 3.18. The second kappa shape index (κ2) is 2.23. The Morgan fingerprint density at radius 3 is 2.25 bits per heavy atom. The van der Waals surface area contributed by atoms with Crippen LogP contribution in [0.15, 0.2) is 0 Å². The molecule has 3 nitrogen and oxygen atoms in total. The molecule has 1 saturated carbocycles. The zero-order chi connectivity index (χ0) is 8.98. The highest BCUT2D eigenvalue weighted by Crippen LogP contribution is 2.53. The van der Waals surface area contributed by atoms with Crippen LogP contribution in [0.2, 0.25) is 0 Å². The molecule has 4 heteroatoms. The van der Waals surface area contributed by atoms with Crippen LogP contribution in [0.4, 0.5) is 0 Å². The van der Waals surface area contributed by atoms with Crippen LogP contribution in [0.3, 0.4) is 0 Å². The average Bonchev–Trinajstić information content (AvgIpc) is 1.78. The van der Waals surface area contributed by atoms with Crippen LogP contribution in [0, 0.1) is 11.3 Å². The molecule has 70 valence electrons. The molecular formula is C8H15NO2S. The molecule has 1 saturated heterocycles. The summed E-state index contributed by atoms with van der Waals surface area (Å²) in [6.07, 6.45) is 3.79. The lowest BCUT2D eigenvalue weighted by molar-refractivity contribution is -0.0649. The van der Waals surface area contributed by atoms with Crippen LogP contribution >= 0.6 is 0 Å². The molecule has 12 heavy (non-hydrogen) atoms.